The Balaban J connectivity index is 0.000000162. The molecule has 0 nitrogen and oxygen atoms in total. The summed E-state index contributed by atoms with van der Waals surface area (Å²) >= 11 is 0. The third-order valence-electron chi connectivity index (χ3n) is 3.16. The van der Waals surface area contributed by atoms with E-state index in [9.17, 15) is 0 Å². The molecule has 2 aromatic carbocycles. The zero-order valence-electron chi connectivity index (χ0n) is 12.9. The SMILES string of the molecule is C(=C1CC1)c1ccccc1.C=CC=CC=Cc1ccccc1. The van der Waals surface area contributed by atoms with Crippen LogP contribution in [-0.4, -0.2) is 0 Å². The normalized spacial score (nSPS) is 12.8. The lowest BCUT2D eigenvalue weighted by Crippen LogP contribution is -1.66. The lowest BCUT2D eigenvalue weighted by atomic mass is 10.2. The van der Waals surface area contributed by atoms with Gasteiger partial charge in [0, 0.05) is 0 Å². The number of hydrogen-bond acceptors (Lipinski definition) is 0. The fourth-order valence-electron chi connectivity index (χ4n) is 1.88. The van der Waals surface area contributed by atoms with Gasteiger partial charge in [-0.05, 0) is 24.0 Å². The number of allylic oxidation sites excluding steroid dienone is 5. The summed E-state index contributed by atoms with van der Waals surface area (Å²) in [7, 11) is 0. The highest BCUT2D eigenvalue weighted by Gasteiger charge is 2.09. The Morgan fingerprint density at radius 3 is 1.82 bits per heavy atom. The van der Waals surface area contributed by atoms with Crippen molar-refractivity contribution in [3.8, 4) is 0 Å². The van der Waals surface area contributed by atoms with Crippen LogP contribution in [0.3, 0.4) is 0 Å². The van der Waals surface area contributed by atoms with Crippen molar-refractivity contribution in [1.29, 1.82) is 0 Å². The van der Waals surface area contributed by atoms with Crippen LogP contribution in [0.5, 0.6) is 0 Å². The van der Waals surface area contributed by atoms with Crippen LogP contribution in [0.2, 0.25) is 0 Å². The van der Waals surface area contributed by atoms with Gasteiger partial charge < -0.3 is 0 Å². The van der Waals surface area contributed by atoms with E-state index in [2.05, 4.69) is 61.2 Å². The van der Waals surface area contributed by atoms with Crippen LogP contribution in [0.4, 0.5) is 0 Å². The fraction of sp³-hybridized carbons (Fsp3) is 0.0909. The summed E-state index contributed by atoms with van der Waals surface area (Å²) < 4.78 is 0. The van der Waals surface area contributed by atoms with E-state index >= 15 is 0 Å². The Hall–Kier alpha value is -2.60. The largest absolute Gasteiger partial charge is 0.0991 e. The molecule has 3 rings (SSSR count). The minimum Gasteiger partial charge on any atom is -0.0991 e. The second-order valence-corrected chi connectivity index (χ2v) is 5.10. The zero-order valence-corrected chi connectivity index (χ0v) is 12.9. The highest BCUT2D eigenvalue weighted by molar-refractivity contribution is 5.56. The molecule has 1 saturated carbocycles. The summed E-state index contributed by atoms with van der Waals surface area (Å²) in [6.45, 7) is 3.58. The lowest BCUT2D eigenvalue weighted by Gasteiger charge is -1.87. The van der Waals surface area contributed by atoms with Crippen molar-refractivity contribution >= 4 is 12.2 Å². The molecule has 0 aromatic heterocycles. The maximum Gasteiger partial charge on any atom is -0.0257 e. The Morgan fingerprint density at radius 2 is 1.27 bits per heavy atom. The van der Waals surface area contributed by atoms with Crippen molar-refractivity contribution in [2.75, 3.05) is 0 Å². The molecule has 0 saturated heterocycles. The van der Waals surface area contributed by atoms with E-state index in [1.165, 1.54) is 24.0 Å². The van der Waals surface area contributed by atoms with Gasteiger partial charge in [-0.2, -0.15) is 0 Å². The lowest BCUT2D eigenvalue weighted by molar-refractivity contribution is 1.50. The molecule has 0 atom stereocenters. The molecule has 0 unspecified atom stereocenters. The molecule has 22 heavy (non-hydrogen) atoms. The van der Waals surface area contributed by atoms with Gasteiger partial charge >= 0.3 is 0 Å². The Morgan fingerprint density at radius 1 is 0.682 bits per heavy atom. The Labute approximate surface area is 133 Å². The van der Waals surface area contributed by atoms with Crippen molar-refractivity contribution in [2.24, 2.45) is 0 Å². The fourth-order valence-corrected chi connectivity index (χ4v) is 1.88. The molecule has 0 N–H and O–H groups in total. The molecular formula is C22H22. The molecule has 0 heteroatoms. The van der Waals surface area contributed by atoms with E-state index in [1.807, 2.05) is 36.4 Å². The Bertz CT molecular complexity index is 637. The first-order valence-corrected chi connectivity index (χ1v) is 7.64. The van der Waals surface area contributed by atoms with E-state index in [1.54, 1.807) is 11.6 Å². The summed E-state index contributed by atoms with van der Waals surface area (Å²) in [5, 5.41) is 0. The second-order valence-electron chi connectivity index (χ2n) is 5.10. The topological polar surface area (TPSA) is 0 Å². The van der Waals surface area contributed by atoms with E-state index in [4.69, 9.17) is 0 Å². The van der Waals surface area contributed by atoms with Crippen molar-refractivity contribution in [1.82, 2.24) is 0 Å². The van der Waals surface area contributed by atoms with Crippen molar-refractivity contribution < 1.29 is 0 Å². The molecule has 0 spiro atoms. The molecule has 0 amide bonds. The molecule has 2 aromatic rings. The quantitative estimate of drug-likeness (QED) is 0.578. The van der Waals surface area contributed by atoms with Crippen LogP contribution < -0.4 is 0 Å². The first-order chi connectivity index (χ1) is 10.9. The van der Waals surface area contributed by atoms with Crippen molar-refractivity contribution in [2.45, 2.75) is 12.8 Å². The van der Waals surface area contributed by atoms with Gasteiger partial charge in [-0.3, -0.25) is 0 Å². The van der Waals surface area contributed by atoms with E-state index in [0.29, 0.717) is 0 Å². The maximum atomic E-state index is 3.58. The molecule has 0 radical (unpaired) electrons. The maximum absolute atomic E-state index is 3.58. The van der Waals surface area contributed by atoms with Crippen LogP contribution in [0, 0.1) is 0 Å². The number of rotatable bonds is 4. The summed E-state index contributed by atoms with van der Waals surface area (Å²) in [4.78, 5) is 0. The highest BCUT2D eigenvalue weighted by Crippen LogP contribution is 2.29. The van der Waals surface area contributed by atoms with Crippen LogP contribution >= 0.6 is 0 Å². The zero-order chi connectivity index (χ0) is 15.5. The summed E-state index contributed by atoms with van der Waals surface area (Å²) in [6, 6.07) is 20.7. The van der Waals surface area contributed by atoms with Gasteiger partial charge in [0.1, 0.15) is 0 Å². The van der Waals surface area contributed by atoms with E-state index in [-0.39, 0.29) is 0 Å². The van der Waals surface area contributed by atoms with Crippen molar-refractivity contribution in [3.63, 3.8) is 0 Å². The van der Waals surface area contributed by atoms with Gasteiger partial charge in [-0.1, -0.05) is 109 Å². The molecule has 110 valence electrons. The first-order valence-electron chi connectivity index (χ1n) is 7.64. The molecule has 0 heterocycles. The molecule has 1 fully saturated rings. The predicted octanol–water partition coefficient (Wildman–Crippen LogP) is 6.31. The van der Waals surface area contributed by atoms with Crippen molar-refractivity contribution in [3.05, 3.63) is 108 Å². The average Bonchev–Trinajstić information content (AvgIpc) is 3.38. The van der Waals surface area contributed by atoms with E-state index < -0.39 is 0 Å². The van der Waals surface area contributed by atoms with Gasteiger partial charge in [0.2, 0.25) is 0 Å². The van der Waals surface area contributed by atoms with Crippen LogP contribution in [0.1, 0.15) is 24.0 Å². The van der Waals surface area contributed by atoms with Crippen LogP contribution in [-0.2, 0) is 0 Å². The third kappa shape index (κ3) is 6.71. The van der Waals surface area contributed by atoms with Gasteiger partial charge in [-0.15, -0.1) is 0 Å². The van der Waals surface area contributed by atoms with Crippen LogP contribution in [0.15, 0.2) is 97.1 Å². The third-order valence-corrected chi connectivity index (χ3v) is 3.16. The monoisotopic (exact) mass is 286 g/mol. The second kappa shape index (κ2) is 9.36. The summed E-state index contributed by atoms with van der Waals surface area (Å²) in [6.07, 6.45) is 14.6. The molecule has 0 bridgehead atoms. The minimum atomic E-state index is 1.21. The summed E-state index contributed by atoms with van der Waals surface area (Å²) in [5.74, 6) is 0. The molecular weight excluding hydrogens is 264 g/mol. The Kier molecular flexibility index (Phi) is 6.71. The van der Waals surface area contributed by atoms with Crippen LogP contribution in [0.25, 0.3) is 12.2 Å². The highest BCUT2D eigenvalue weighted by atomic mass is 14.1. The molecule has 0 aliphatic heterocycles. The van der Waals surface area contributed by atoms with Gasteiger partial charge in [0.15, 0.2) is 0 Å². The van der Waals surface area contributed by atoms with Gasteiger partial charge in [0.05, 0.1) is 0 Å². The van der Waals surface area contributed by atoms with Gasteiger partial charge in [0.25, 0.3) is 0 Å². The van der Waals surface area contributed by atoms with E-state index in [0.717, 1.165) is 0 Å². The average molecular weight is 286 g/mol. The minimum absolute atomic E-state index is 1.21. The predicted molar refractivity (Wildman–Crippen MR) is 98.5 cm³/mol. The molecule has 1 aliphatic rings. The number of benzene rings is 2. The first kappa shape index (κ1) is 15.8. The standard InChI is InChI=1S/C12H12.C10H10/c1-2-3-4-6-9-12-10-7-5-8-11-12;1-2-4-9(5-3-1)8-10-6-7-10/h2-11H,1H2;1-5,8H,6-7H2. The smallest absolute Gasteiger partial charge is 0.0257 e. The summed E-state index contributed by atoms with van der Waals surface area (Å²) in [5.41, 5.74) is 4.15. The van der Waals surface area contributed by atoms with Gasteiger partial charge in [-0.25, -0.2) is 0 Å². The number of hydrogen-bond donors (Lipinski definition) is 0. The molecule has 1 aliphatic carbocycles.